The second kappa shape index (κ2) is 10.2. The minimum absolute atomic E-state index is 0.466. The minimum atomic E-state index is 0.466. The van der Waals surface area contributed by atoms with Crippen molar-refractivity contribution in [1.82, 2.24) is 20.4 Å². The average molecular weight is 293 g/mol. The molecular weight excluding hydrogens is 262 g/mol. The van der Waals surface area contributed by atoms with Crippen LogP contribution in [0, 0.1) is 0 Å². The average Bonchev–Trinajstić information content (AvgIpc) is 2.85. The second-order valence-corrected chi connectivity index (χ2v) is 5.57. The van der Waals surface area contributed by atoms with Gasteiger partial charge in [-0.2, -0.15) is 5.10 Å². The third kappa shape index (κ3) is 7.73. The van der Waals surface area contributed by atoms with Crippen molar-refractivity contribution in [2.45, 2.75) is 58.9 Å². The normalized spacial score (nSPS) is 13.2. The van der Waals surface area contributed by atoms with Crippen molar-refractivity contribution in [2.24, 2.45) is 12.0 Å². The molecule has 1 heterocycles. The largest absolute Gasteiger partial charge is 0.357 e. The predicted molar refractivity (Wildman–Crippen MR) is 89.6 cm³/mol. The van der Waals surface area contributed by atoms with E-state index in [0.717, 1.165) is 25.5 Å². The molecule has 5 nitrogen and oxygen atoms in total. The van der Waals surface area contributed by atoms with Gasteiger partial charge in [0, 0.05) is 32.4 Å². The molecule has 0 aromatic carbocycles. The Morgan fingerprint density at radius 3 is 2.81 bits per heavy atom. The lowest BCUT2D eigenvalue weighted by molar-refractivity contribution is 0.547. The van der Waals surface area contributed by atoms with Crippen LogP contribution in [0.2, 0.25) is 0 Å². The van der Waals surface area contributed by atoms with Crippen LogP contribution >= 0.6 is 0 Å². The number of hydrogen-bond acceptors (Lipinski definition) is 2. The Morgan fingerprint density at radius 2 is 2.19 bits per heavy atom. The third-order valence-electron chi connectivity index (χ3n) is 3.40. The Labute approximate surface area is 129 Å². The highest BCUT2D eigenvalue weighted by Crippen LogP contribution is 2.03. The number of guanidine groups is 1. The number of unbranched alkanes of at least 4 members (excludes halogenated alkanes) is 2. The van der Waals surface area contributed by atoms with E-state index in [1.807, 2.05) is 24.1 Å². The van der Waals surface area contributed by atoms with Crippen LogP contribution in [0.25, 0.3) is 0 Å². The molecule has 0 radical (unpaired) electrons. The molecule has 120 valence electrons. The fourth-order valence-electron chi connectivity index (χ4n) is 2.22. The van der Waals surface area contributed by atoms with Crippen molar-refractivity contribution in [3.63, 3.8) is 0 Å². The third-order valence-corrected chi connectivity index (χ3v) is 3.40. The van der Waals surface area contributed by atoms with Gasteiger partial charge in [0.15, 0.2) is 5.96 Å². The molecule has 0 saturated heterocycles. The number of nitrogens with one attached hydrogen (secondary N) is 2. The standard InChI is InChI=1S/C16H31N5/c1-5-7-8-9-14(3)20-16(17-6-2)18-11-10-15-12-19-21(4)13-15/h12-14H,5-11H2,1-4H3,(H2,17,18,20). The van der Waals surface area contributed by atoms with Gasteiger partial charge in [-0.1, -0.05) is 26.2 Å². The van der Waals surface area contributed by atoms with E-state index in [1.54, 1.807) is 0 Å². The lowest BCUT2D eigenvalue weighted by Gasteiger charge is -2.17. The molecule has 0 spiro atoms. The van der Waals surface area contributed by atoms with Gasteiger partial charge in [0.2, 0.25) is 0 Å². The van der Waals surface area contributed by atoms with E-state index in [-0.39, 0.29) is 0 Å². The van der Waals surface area contributed by atoms with E-state index in [2.05, 4.69) is 41.5 Å². The number of aromatic nitrogens is 2. The van der Waals surface area contributed by atoms with Gasteiger partial charge in [-0.3, -0.25) is 9.67 Å². The highest BCUT2D eigenvalue weighted by Gasteiger charge is 2.04. The van der Waals surface area contributed by atoms with Crippen LogP contribution in [0.1, 0.15) is 52.0 Å². The van der Waals surface area contributed by atoms with E-state index in [9.17, 15) is 0 Å². The Balaban J connectivity index is 2.37. The van der Waals surface area contributed by atoms with Crippen LogP contribution < -0.4 is 10.6 Å². The molecule has 1 unspecified atom stereocenters. The van der Waals surface area contributed by atoms with E-state index in [0.29, 0.717) is 6.04 Å². The number of hydrogen-bond donors (Lipinski definition) is 2. The van der Waals surface area contributed by atoms with Crippen LogP contribution in [0.15, 0.2) is 17.4 Å². The van der Waals surface area contributed by atoms with E-state index >= 15 is 0 Å². The Kier molecular flexibility index (Phi) is 8.55. The fourth-order valence-corrected chi connectivity index (χ4v) is 2.22. The van der Waals surface area contributed by atoms with Crippen LogP contribution in [0.5, 0.6) is 0 Å². The first-order valence-electron chi connectivity index (χ1n) is 8.18. The molecule has 0 aliphatic carbocycles. The van der Waals surface area contributed by atoms with Gasteiger partial charge in [-0.05, 0) is 32.3 Å². The number of aryl methyl sites for hydroxylation is 1. The topological polar surface area (TPSA) is 54.2 Å². The molecule has 0 aliphatic rings. The summed E-state index contributed by atoms with van der Waals surface area (Å²) in [7, 11) is 1.94. The van der Waals surface area contributed by atoms with Crippen molar-refractivity contribution in [3.05, 3.63) is 18.0 Å². The zero-order valence-corrected chi connectivity index (χ0v) is 14.0. The summed E-state index contributed by atoms with van der Waals surface area (Å²) >= 11 is 0. The molecule has 0 bridgehead atoms. The van der Waals surface area contributed by atoms with Crippen molar-refractivity contribution in [3.8, 4) is 0 Å². The Morgan fingerprint density at radius 1 is 1.38 bits per heavy atom. The number of rotatable bonds is 9. The van der Waals surface area contributed by atoms with E-state index < -0.39 is 0 Å². The summed E-state index contributed by atoms with van der Waals surface area (Å²) in [5.41, 5.74) is 1.23. The van der Waals surface area contributed by atoms with Crippen LogP contribution in [0.3, 0.4) is 0 Å². The van der Waals surface area contributed by atoms with Gasteiger partial charge < -0.3 is 10.6 Å². The van der Waals surface area contributed by atoms with Crippen LogP contribution in [-0.2, 0) is 13.5 Å². The summed E-state index contributed by atoms with van der Waals surface area (Å²) in [4.78, 5) is 4.64. The van der Waals surface area contributed by atoms with Crippen molar-refractivity contribution < 1.29 is 0 Å². The van der Waals surface area contributed by atoms with Gasteiger partial charge in [-0.15, -0.1) is 0 Å². The predicted octanol–water partition coefficient (Wildman–Crippen LogP) is 2.49. The van der Waals surface area contributed by atoms with E-state index in [4.69, 9.17) is 0 Å². The lowest BCUT2D eigenvalue weighted by atomic mass is 10.1. The van der Waals surface area contributed by atoms with Gasteiger partial charge in [-0.25, -0.2) is 0 Å². The van der Waals surface area contributed by atoms with Crippen LogP contribution in [-0.4, -0.2) is 34.9 Å². The maximum atomic E-state index is 4.64. The molecule has 21 heavy (non-hydrogen) atoms. The zero-order chi connectivity index (χ0) is 15.5. The summed E-state index contributed by atoms with van der Waals surface area (Å²) in [6.45, 7) is 8.23. The Hall–Kier alpha value is -1.52. The van der Waals surface area contributed by atoms with Gasteiger partial charge in [0.25, 0.3) is 0 Å². The molecule has 1 rings (SSSR count). The van der Waals surface area contributed by atoms with Crippen LogP contribution in [0.4, 0.5) is 0 Å². The summed E-state index contributed by atoms with van der Waals surface area (Å²) in [6.07, 6.45) is 9.93. The zero-order valence-electron chi connectivity index (χ0n) is 14.0. The molecule has 0 saturated carbocycles. The lowest BCUT2D eigenvalue weighted by Crippen LogP contribution is -2.42. The highest BCUT2D eigenvalue weighted by molar-refractivity contribution is 5.80. The molecule has 0 fully saturated rings. The fraction of sp³-hybridized carbons (Fsp3) is 0.750. The van der Waals surface area contributed by atoms with Crippen molar-refractivity contribution in [2.75, 3.05) is 13.1 Å². The van der Waals surface area contributed by atoms with Gasteiger partial charge >= 0.3 is 0 Å². The first-order valence-corrected chi connectivity index (χ1v) is 8.18. The molecule has 2 N–H and O–H groups in total. The summed E-state index contributed by atoms with van der Waals surface area (Å²) in [5.74, 6) is 0.922. The van der Waals surface area contributed by atoms with Gasteiger partial charge in [0.1, 0.15) is 0 Å². The molecule has 0 aliphatic heterocycles. The number of nitrogens with zero attached hydrogens (tertiary/aromatic N) is 3. The SMILES string of the molecule is CCCCCC(C)NC(=NCCc1cnn(C)c1)NCC. The molecular formula is C16H31N5. The number of aliphatic imine (C=N–C) groups is 1. The minimum Gasteiger partial charge on any atom is -0.357 e. The molecule has 1 aromatic heterocycles. The summed E-state index contributed by atoms with van der Waals surface area (Å²) in [6, 6.07) is 0.466. The van der Waals surface area contributed by atoms with Crippen molar-refractivity contribution >= 4 is 5.96 Å². The molecule has 1 aromatic rings. The quantitative estimate of drug-likeness (QED) is 0.418. The maximum absolute atomic E-state index is 4.64. The first-order chi connectivity index (χ1) is 10.2. The smallest absolute Gasteiger partial charge is 0.191 e. The first kappa shape index (κ1) is 17.5. The second-order valence-electron chi connectivity index (χ2n) is 5.57. The summed E-state index contributed by atoms with van der Waals surface area (Å²) < 4.78 is 1.83. The van der Waals surface area contributed by atoms with Gasteiger partial charge in [0.05, 0.1) is 6.20 Å². The molecule has 1 atom stereocenters. The monoisotopic (exact) mass is 293 g/mol. The highest BCUT2D eigenvalue weighted by atomic mass is 15.2. The Bertz CT molecular complexity index is 411. The molecule has 0 amide bonds. The summed E-state index contributed by atoms with van der Waals surface area (Å²) in [5, 5.41) is 11.0. The van der Waals surface area contributed by atoms with E-state index in [1.165, 1.54) is 31.2 Å². The molecule has 5 heteroatoms. The maximum Gasteiger partial charge on any atom is 0.191 e. The van der Waals surface area contributed by atoms with Crippen molar-refractivity contribution in [1.29, 1.82) is 0 Å².